The van der Waals surface area contributed by atoms with Crippen LogP contribution in [0.15, 0.2) is 17.3 Å². The Hall–Kier alpha value is -2.07. The molecule has 3 N–H and O–H groups in total. The molecule has 0 aromatic carbocycles. The highest BCUT2D eigenvalue weighted by molar-refractivity contribution is 7.92. The molecule has 0 aliphatic heterocycles. The fourth-order valence-electron chi connectivity index (χ4n) is 1.58. The lowest BCUT2D eigenvalue weighted by atomic mass is 10.4. The number of nitrogens with one attached hydrogen (secondary N) is 3. The van der Waals surface area contributed by atoms with E-state index in [0.717, 1.165) is 0 Å². The number of sulfonamides is 1. The molecule has 0 radical (unpaired) electrons. The first kappa shape index (κ1) is 13.4. The summed E-state index contributed by atoms with van der Waals surface area (Å²) < 4.78 is 26.8. The number of hydrogen-bond donors (Lipinski definition) is 3. The lowest BCUT2D eigenvalue weighted by Gasteiger charge is -2.06. The summed E-state index contributed by atoms with van der Waals surface area (Å²) in [6, 6.07) is 0. The van der Waals surface area contributed by atoms with Crippen LogP contribution in [0.4, 0.5) is 5.95 Å². The summed E-state index contributed by atoms with van der Waals surface area (Å²) in [5.41, 5.74) is 0.845. The second-order valence-corrected chi connectivity index (χ2v) is 5.35. The van der Waals surface area contributed by atoms with E-state index < -0.39 is 10.0 Å². The molecule has 0 unspecified atom stereocenters. The van der Waals surface area contributed by atoms with Gasteiger partial charge in [-0.05, 0) is 14.0 Å². The molecular weight excluding hydrogens is 270 g/mol. The third-order valence-electron chi connectivity index (χ3n) is 2.28. The number of aromatic amines is 1. The molecule has 0 spiro atoms. The smallest absolute Gasteiger partial charge is 0.267 e. The lowest BCUT2D eigenvalue weighted by molar-refractivity contribution is 0.598. The Morgan fingerprint density at radius 1 is 1.37 bits per heavy atom. The van der Waals surface area contributed by atoms with Gasteiger partial charge in [-0.2, -0.15) is 10.2 Å². The molecule has 102 valence electrons. The fourth-order valence-corrected chi connectivity index (χ4v) is 2.89. The molecule has 0 aliphatic carbocycles. The van der Waals surface area contributed by atoms with E-state index in [1.807, 2.05) is 0 Å². The van der Waals surface area contributed by atoms with Gasteiger partial charge in [0.15, 0.2) is 0 Å². The maximum Gasteiger partial charge on any atom is 0.267 e. The molecule has 0 saturated carbocycles. The van der Waals surface area contributed by atoms with E-state index in [-0.39, 0.29) is 10.8 Å². The van der Waals surface area contributed by atoms with Gasteiger partial charge in [-0.15, -0.1) is 5.10 Å². The van der Waals surface area contributed by atoms with Gasteiger partial charge in [0.1, 0.15) is 4.90 Å². The Bertz CT molecular complexity index is 652. The highest BCUT2D eigenvalue weighted by atomic mass is 32.2. The summed E-state index contributed by atoms with van der Waals surface area (Å²) in [5.74, 6) is -0.0847. The van der Waals surface area contributed by atoms with Crippen LogP contribution < -0.4 is 10.0 Å². The topological polar surface area (TPSA) is 126 Å². The van der Waals surface area contributed by atoms with Crippen LogP contribution in [0.1, 0.15) is 11.4 Å². The Morgan fingerprint density at radius 3 is 2.79 bits per heavy atom. The molecule has 19 heavy (non-hydrogen) atoms. The molecule has 2 aromatic heterocycles. The van der Waals surface area contributed by atoms with Gasteiger partial charge in [0.25, 0.3) is 16.0 Å². The maximum absolute atomic E-state index is 12.3. The van der Waals surface area contributed by atoms with Crippen LogP contribution in [0, 0.1) is 6.92 Å². The average molecular weight is 283 g/mol. The van der Waals surface area contributed by atoms with Crippen LogP contribution in [0.5, 0.6) is 0 Å². The first-order valence-corrected chi connectivity index (χ1v) is 6.88. The second kappa shape index (κ2) is 5.28. The number of anilines is 1. The minimum atomic E-state index is -3.80. The second-order valence-electron chi connectivity index (χ2n) is 3.73. The molecule has 9 nitrogen and oxygen atoms in total. The molecule has 0 atom stereocenters. The number of aryl methyl sites for hydroxylation is 1. The van der Waals surface area contributed by atoms with Crippen molar-refractivity contribution in [3.05, 3.63) is 23.8 Å². The maximum atomic E-state index is 12.3. The van der Waals surface area contributed by atoms with Crippen molar-refractivity contribution in [1.82, 2.24) is 30.7 Å². The Kier molecular flexibility index (Phi) is 3.71. The van der Waals surface area contributed by atoms with Crippen molar-refractivity contribution in [2.45, 2.75) is 18.4 Å². The summed E-state index contributed by atoms with van der Waals surface area (Å²) in [5, 5.41) is 16.6. The van der Waals surface area contributed by atoms with Crippen molar-refractivity contribution >= 4 is 16.0 Å². The number of rotatable bonds is 5. The lowest BCUT2D eigenvalue weighted by Crippen LogP contribution is -2.19. The molecule has 0 aliphatic rings. The van der Waals surface area contributed by atoms with E-state index in [9.17, 15) is 8.42 Å². The van der Waals surface area contributed by atoms with Gasteiger partial charge in [-0.1, -0.05) is 0 Å². The van der Waals surface area contributed by atoms with E-state index in [0.29, 0.717) is 17.9 Å². The average Bonchev–Trinajstić information content (AvgIpc) is 2.72. The van der Waals surface area contributed by atoms with Crippen molar-refractivity contribution in [2.24, 2.45) is 0 Å². The molecule has 0 saturated heterocycles. The molecule has 2 heterocycles. The molecule has 0 bridgehead atoms. The van der Waals surface area contributed by atoms with Crippen molar-refractivity contribution in [3.63, 3.8) is 0 Å². The Balaban J connectivity index is 2.37. The first-order chi connectivity index (χ1) is 9.04. The van der Waals surface area contributed by atoms with Crippen LogP contribution in [0.2, 0.25) is 0 Å². The Morgan fingerprint density at radius 2 is 2.16 bits per heavy atom. The zero-order chi connectivity index (χ0) is 13.9. The van der Waals surface area contributed by atoms with E-state index in [2.05, 4.69) is 35.4 Å². The van der Waals surface area contributed by atoms with Crippen molar-refractivity contribution < 1.29 is 8.42 Å². The van der Waals surface area contributed by atoms with Gasteiger partial charge < -0.3 is 5.32 Å². The quantitative estimate of drug-likeness (QED) is 0.670. The third-order valence-corrected chi connectivity index (χ3v) is 3.81. The SMILES string of the molecule is CNCc1n[nH]c(C)c1S(=O)(=O)Nc1nccnn1. The molecule has 2 rings (SSSR count). The minimum Gasteiger partial charge on any atom is -0.314 e. The number of aromatic nitrogens is 5. The van der Waals surface area contributed by atoms with E-state index in [1.54, 1.807) is 14.0 Å². The largest absolute Gasteiger partial charge is 0.314 e. The highest BCUT2D eigenvalue weighted by Gasteiger charge is 2.24. The minimum absolute atomic E-state index is 0.0847. The monoisotopic (exact) mass is 283 g/mol. The molecular formula is C9H13N7O2S. The predicted octanol–water partition coefficient (Wildman–Crippen LogP) is -0.577. The van der Waals surface area contributed by atoms with E-state index in [1.165, 1.54) is 12.4 Å². The van der Waals surface area contributed by atoms with Crippen molar-refractivity contribution in [3.8, 4) is 0 Å². The van der Waals surface area contributed by atoms with Gasteiger partial charge in [-0.25, -0.2) is 18.1 Å². The van der Waals surface area contributed by atoms with Crippen LogP contribution in [-0.4, -0.2) is 40.8 Å². The van der Waals surface area contributed by atoms with Crippen LogP contribution >= 0.6 is 0 Å². The normalized spacial score (nSPS) is 11.5. The van der Waals surface area contributed by atoms with Gasteiger partial charge in [-0.3, -0.25) is 5.10 Å². The summed E-state index contributed by atoms with van der Waals surface area (Å²) in [7, 11) is -2.10. The number of H-pyrrole nitrogens is 1. The summed E-state index contributed by atoms with van der Waals surface area (Å²) in [4.78, 5) is 3.86. The Labute approximate surface area is 109 Å². The number of hydrogen-bond acceptors (Lipinski definition) is 7. The molecule has 2 aromatic rings. The zero-order valence-electron chi connectivity index (χ0n) is 10.4. The van der Waals surface area contributed by atoms with Gasteiger partial charge in [0.2, 0.25) is 0 Å². The predicted molar refractivity (Wildman–Crippen MR) is 66.7 cm³/mol. The molecule has 0 fully saturated rings. The number of nitrogens with zero attached hydrogens (tertiary/aromatic N) is 4. The fraction of sp³-hybridized carbons (Fsp3) is 0.333. The first-order valence-electron chi connectivity index (χ1n) is 5.39. The van der Waals surface area contributed by atoms with E-state index in [4.69, 9.17) is 0 Å². The van der Waals surface area contributed by atoms with Gasteiger partial charge in [0.05, 0.1) is 23.8 Å². The summed E-state index contributed by atoms with van der Waals surface area (Å²) in [6.07, 6.45) is 2.70. The zero-order valence-corrected chi connectivity index (χ0v) is 11.2. The third kappa shape index (κ3) is 2.85. The van der Waals surface area contributed by atoms with Crippen molar-refractivity contribution in [1.29, 1.82) is 0 Å². The van der Waals surface area contributed by atoms with Crippen molar-refractivity contribution in [2.75, 3.05) is 11.8 Å². The molecule has 10 heteroatoms. The van der Waals surface area contributed by atoms with Crippen LogP contribution in [0.25, 0.3) is 0 Å². The summed E-state index contributed by atoms with van der Waals surface area (Å²) in [6.45, 7) is 1.96. The van der Waals surface area contributed by atoms with Crippen LogP contribution in [0.3, 0.4) is 0 Å². The summed E-state index contributed by atoms with van der Waals surface area (Å²) >= 11 is 0. The van der Waals surface area contributed by atoms with E-state index >= 15 is 0 Å². The van der Waals surface area contributed by atoms with Gasteiger partial charge in [0, 0.05) is 6.54 Å². The highest BCUT2D eigenvalue weighted by Crippen LogP contribution is 2.19. The van der Waals surface area contributed by atoms with Gasteiger partial charge >= 0.3 is 0 Å². The molecule has 0 amide bonds. The standard InChI is InChI=1S/C9H13N7O2S/c1-6-8(7(5-10-2)14-13-6)19(17,18)16-9-11-3-4-12-15-9/h3-4,10H,5H2,1-2H3,(H,13,14)(H,11,15,16). The van der Waals surface area contributed by atoms with Crippen LogP contribution in [-0.2, 0) is 16.6 Å².